The lowest BCUT2D eigenvalue weighted by molar-refractivity contribution is -0.0893. The molecule has 0 saturated heterocycles. The van der Waals surface area contributed by atoms with E-state index in [1.807, 2.05) is 45.9 Å². The first-order chi connectivity index (χ1) is 30.4. The van der Waals surface area contributed by atoms with Crippen molar-refractivity contribution in [2.45, 2.75) is 131 Å². The SMILES string of the molecule is CCCC.CCCCc1ccc(N(c2ccc([B]OC(C)(C)C(C)(C)O)cc2)c2ccc(-c3ccc(N(c4ccccc4)c4ccc([B]OC(C)(C)C(C)(C)O)cc4)cc3)cc2)cc1. The van der Waals surface area contributed by atoms with Gasteiger partial charge in [-0.2, -0.15) is 0 Å². The molecule has 2 radical (unpaired) electrons. The Morgan fingerprint density at radius 2 is 0.719 bits per heavy atom. The Morgan fingerprint density at radius 1 is 0.406 bits per heavy atom. The molecule has 0 bridgehead atoms. The highest BCUT2D eigenvalue weighted by atomic mass is 16.5. The fourth-order valence-corrected chi connectivity index (χ4v) is 6.39. The van der Waals surface area contributed by atoms with Gasteiger partial charge in [-0.25, -0.2) is 0 Å². The summed E-state index contributed by atoms with van der Waals surface area (Å²) >= 11 is 0. The summed E-state index contributed by atoms with van der Waals surface area (Å²) in [4.78, 5) is 4.52. The van der Waals surface area contributed by atoms with Gasteiger partial charge in [-0.05, 0) is 158 Å². The van der Waals surface area contributed by atoms with E-state index in [9.17, 15) is 10.2 Å². The van der Waals surface area contributed by atoms with Crippen LogP contribution in [0.5, 0.6) is 0 Å². The number of para-hydroxylation sites is 1. The summed E-state index contributed by atoms with van der Waals surface area (Å²) in [5.41, 5.74) is 8.21. The van der Waals surface area contributed by atoms with Crippen LogP contribution in [-0.4, -0.2) is 47.6 Å². The van der Waals surface area contributed by atoms with E-state index in [1.165, 1.54) is 31.2 Å². The molecule has 334 valence electrons. The number of aryl methyl sites for hydroxylation is 1. The maximum absolute atomic E-state index is 10.6. The molecule has 0 aliphatic heterocycles. The number of aliphatic hydroxyl groups is 2. The summed E-state index contributed by atoms with van der Waals surface area (Å²) in [6.07, 6.45) is 6.05. The van der Waals surface area contributed by atoms with Gasteiger partial charge in [0, 0.05) is 34.1 Å². The van der Waals surface area contributed by atoms with E-state index in [2.05, 4.69) is 164 Å². The molecule has 2 N–H and O–H groups in total. The minimum absolute atomic E-state index is 0.748. The van der Waals surface area contributed by atoms with Crippen molar-refractivity contribution in [2.24, 2.45) is 0 Å². The number of rotatable bonds is 19. The molecule has 6 nitrogen and oxygen atoms in total. The molecule has 6 aromatic carbocycles. The van der Waals surface area contributed by atoms with Gasteiger partial charge in [0.2, 0.25) is 0 Å². The van der Waals surface area contributed by atoms with Crippen LogP contribution in [-0.2, 0) is 15.7 Å². The molecule has 0 atom stereocenters. The van der Waals surface area contributed by atoms with Crippen LogP contribution < -0.4 is 20.7 Å². The topological polar surface area (TPSA) is 65.4 Å². The van der Waals surface area contributed by atoms with Crippen LogP contribution >= 0.6 is 0 Å². The van der Waals surface area contributed by atoms with Crippen LogP contribution in [0.15, 0.2) is 152 Å². The van der Waals surface area contributed by atoms with Gasteiger partial charge >= 0.3 is 15.0 Å². The second kappa shape index (κ2) is 22.2. The van der Waals surface area contributed by atoms with Crippen molar-refractivity contribution < 1.29 is 19.5 Å². The van der Waals surface area contributed by atoms with Gasteiger partial charge in [0.05, 0.1) is 22.4 Å². The minimum Gasteiger partial charge on any atom is -0.427 e. The Bertz CT molecular complexity index is 2280. The number of nitrogens with zero attached hydrogens (tertiary/aromatic N) is 2. The number of anilines is 6. The molecule has 0 amide bonds. The summed E-state index contributed by atoms with van der Waals surface area (Å²) in [6, 6.07) is 53.3. The predicted molar refractivity (Wildman–Crippen MR) is 274 cm³/mol. The van der Waals surface area contributed by atoms with E-state index in [4.69, 9.17) is 9.31 Å². The third kappa shape index (κ3) is 13.2. The van der Waals surface area contributed by atoms with Crippen LogP contribution in [0, 0.1) is 0 Å². The summed E-state index contributed by atoms with van der Waals surface area (Å²) in [5.74, 6) is 0. The van der Waals surface area contributed by atoms with E-state index in [-0.39, 0.29) is 0 Å². The third-order valence-corrected chi connectivity index (χ3v) is 12.3. The maximum Gasteiger partial charge on any atom is 0.330 e. The summed E-state index contributed by atoms with van der Waals surface area (Å²) in [5, 5.41) is 21.1. The van der Waals surface area contributed by atoms with Crippen LogP contribution in [0.4, 0.5) is 34.1 Å². The molecule has 8 heteroatoms. The van der Waals surface area contributed by atoms with Crippen molar-refractivity contribution in [3.63, 3.8) is 0 Å². The predicted octanol–water partition coefficient (Wildman–Crippen LogP) is 13.1. The molecule has 0 heterocycles. The fourth-order valence-electron chi connectivity index (χ4n) is 6.39. The molecule has 0 aliphatic carbocycles. The van der Waals surface area contributed by atoms with Crippen LogP contribution in [0.2, 0.25) is 0 Å². The molecule has 0 saturated carbocycles. The highest BCUT2D eigenvalue weighted by molar-refractivity contribution is 6.47. The highest BCUT2D eigenvalue weighted by Crippen LogP contribution is 2.38. The standard InChI is InChI=1S/C52H60B2N2O4.C4H10/c1-10-11-15-38-18-28-44(29-19-38)56(48-36-26-42(27-37-48)54-60-52(8,9)50(4,5)58)46-32-22-40(23-33-46)39-20-30-45(31-21-39)55(43-16-13-12-14-17-43)47-34-24-41(25-35-47)53-59-51(6,7)49(2,3)57;1-3-4-2/h12-14,16-37,57-58H,10-11,15H2,1-9H3;3-4H2,1-2H3. The Labute approximate surface area is 386 Å². The molecular formula is C56H70B2N2O4. The normalized spacial score (nSPS) is 12.0. The van der Waals surface area contributed by atoms with Crippen LogP contribution in [0.1, 0.15) is 107 Å². The average Bonchev–Trinajstić information content (AvgIpc) is 3.28. The molecule has 0 fully saturated rings. The van der Waals surface area contributed by atoms with Gasteiger partial charge in [0.25, 0.3) is 0 Å². The zero-order valence-electron chi connectivity index (χ0n) is 40.2. The van der Waals surface area contributed by atoms with E-state index in [0.717, 1.165) is 62.6 Å². The third-order valence-electron chi connectivity index (χ3n) is 12.3. The largest absolute Gasteiger partial charge is 0.427 e. The number of unbranched alkanes of at least 4 members (excludes halogenated alkanes) is 2. The first-order valence-corrected chi connectivity index (χ1v) is 23.0. The Morgan fingerprint density at radius 3 is 1.03 bits per heavy atom. The quantitative estimate of drug-likeness (QED) is 0.0791. The van der Waals surface area contributed by atoms with Crippen molar-refractivity contribution >= 4 is 60.0 Å². The average molecular weight is 857 g/mol. The molecule has 0 aromatic heterocycles. The lowest BCUT2D eigenvalue weighted by atomic mass is 9.82. The first-order valence-electron chi connectivity index (χ1n) is 23.0. The van der Waals surface area contributed by atoms with E-state index in [1.54, 1.807) is 42.7 Å². The number of benzene rings is 6. The van der Waals surface area contributed by atoms with Gasteiger partial charge in [-0.1, -0.05) is 130 Å². The summed E-state index contributed by atoms with van der Waals surface area (Å²) < 4.78 is 12.1. The Balaban J connectivity index is 0.00000185. The van der Waals surface area contributed by atoms with Crippen molar-refractivity contribution in [1.82, 2.24) is 0 Å². The molecule has 6 rings (SSSR count). The zero-order chi connectivity index (χ0) is 46.5. The molecule has 6 aromatic rings. The van der Waals surface area contributed by atoms with Crippen molar-refractivity contribution in [3.05, 3.63) is 157 Å². The van der Waals surface area contributed by atoms with Crippen molar-refractivity contribution in [2.75, 3.05) is 9.80 Å². The minimum atomic E-state index is -0.999. The number of hydrogen-bond acceptors (Lipinski definition) is 6. The van der Waals surface area contributed by atoms with E-state index >= 15 is 0 Å². The van der Waals surface area contributed by atoms with Crippen molar-refractivity contribution in [1.29, 1.82) is 0 Å². The Hall–Kier alpha value is -5.11. The van der Waals surface area contributed by atoms with E-state index < -0.39 is 22.4 Å². The summed E-state index contributed by atoms with van der Waals surface area (Å²) in [7, 11) is 3.44. The second-order valence-corrected chi connectivity index (χ2v) is 18.7. The molecule has 0 aliphatic rings. The monoisotopic (exact) mass is 857 g/mol. The second-order valence-electron chi connectivity index (χ2n) is 18.7. The van der Waals surface area contributed by atoms with Crippen LogP contribution in [0.3, 0.4) is 0 Å². The lowest BCUT2D eigenvalue weighted by Crippen LogP contribution is -2.49. The molecule has 64 heavy (non-hydrogen) atoms. The molecular weight excluding hydrogens is 786 g/mol. The Kier molecular flexibility index (Phi) is 17.3. The molecule has 0 spiro atoms. The van der Waals surface area contributed by atoms with Gasteiger partial charge in [-0.3, -0.25) is 0 Å². The van der Waals surface area contributed by atoms with Crippen LogP contribution in [0.25, 0.3) is 11.1 Å². The van der Waals surface area contributed by atoms with Gasteiger partial charge in [0.15, 0.2) is 0 Å². The van der Waals surface area contributed by atoms with Gasteiger partial charge in [-0.15, -0.1) is 0 Å². The zero-order valence-corrected chi connectivity index (χ0v) is 40.2. The molecule has 0 unspecified atom stereocenters. The van der Waals surface area contributed by atoms with E-state index in [0.29, 0.717) is 0 Å². The fraction of sp³-hybridized carbons (Fsp3) is 0.357. The summed E-state index contributed by atoms with van der Waals surface area (Å²) in [6.45, 7) is 21.2. The highest BCUT2D eigenvalue weighted by Gasteiger charge is 2.36. The maximum atomic E-state index is 10.6. The first kappa shape index (κ1) is 49.9. The lowest BCUT2D eigenvalue weighted by Gasteiger charge is -2.37. The van der Waals surface area contributed by atoms with Gasteiger partial charge < -0.3 is 29.3 Å². The van der Waals surface area contributed by atoms with Gasteiger partial charge in [0.1, 0.15) is 0 Å². The number of hydrogen-bond donors (Lipinski definition) is 2. The van der Waals surface area contributed by atoms with Crippen molar-refractivity contribution in [3.8, 4) is 11.1 Å². The smallest absolute Gasteiger partial charge is 0.330 e.